The minimum Gasteiger partial charge on any atom is -0.348 e. The fourth-order valence-corrected chi connectivity index (χ4v) is 2.58. The molecule has 0 saturated heterocycles. The lowest BCUT2D eigenvalue weighted by atomic mass is 10.2. The summed E-state index contributed by atoms with van der Waals surface area (Å²) in [5.74, 6) is -0.214. The number of rotatable bonds is 5. The second-order valence-electron chi connectivity index (χ2n) is 5.68. The van der Waals surface area contributed by atoms with Crippen LogP contribution in [0.3, 0.4) is 0 Å². The van der Waals surface area contributed by atoms with Crippen molar-refractivity contribution in [3.63, 3.8) is 0 Å². The largest absolute Gasteiger partial charge is 0.348 e. The highest BCUT2D eigenvalue weighted by atomic mass is 35.5. The van der Waals surface area contributed by atoms with Crippen LogP contribution in [0.1, 0.15) is 21.5 Å². The number of nitrogens with zero attached hydrogens (tertiary/aromatic N) is 1. The van der Waals surface area contributed by atoms with Gasteiger partial charge in [0.2, 0.25) is 0 Å². The van der Waals surface area contributed by atoms with Crippen molar-refractivity contribution in [1.82, 2.24) is 9.88 Å². The maximum atomic E-state index is 12.3. The van der Waals surface area contributed by atoms with Gasteiger partial charge in [-0.25, -0.2) is 0 Å². The lowest BCUT2D eigenvalue weighted by Crippen LogP contribution is -2.26. The number of nitrogens with one attached hydrogen (secondary N) is 1. The van der Waals surface area contributed by atoms with Crippen molar-refractivity contribution in [2.45, 2.75) is 13.1 Å². The van der Waals surface area contributed by atoms with Crippen LogP contribution in [0.5, 0.6) is 0 Å². The molecule has 1 heterocycles. The number of hydrogen-bond donors (Lipinski definition) is 1. The van der Waals surface area contributed by atoms with E-state index in [0.29, 0.717) is 23.7 Å². The molecule has 0 fully saturated rings. The molecule has 2 aromatic carbocycles. The van der Waals surface area contributed by atoms with Gasteiger partial charge in [-0.1, -0.05) is 54.1 Å². The molecule has 1 N–H and O–H groups in total. The van der Waals surface area contributed by atoms with Crippen LogP contribution in [0.15, 0.2) is 77.7 Å². The molecular weight excluding hydrogens is 336 g/mol. The topological polar surface area (TPSA) is 51.1 Å². The number of carbonyl (C=O) groups is 1. The summed E-state index contributed by atoms with van der Waals surface area (Å²) in [5, 5.41) is 3.51. The SMILES string of the molecule is O=C(NCc1ccccc1)c1ccc(=O)n(Cc2ccc(Cl)cc2)c1. The molecule has 4 nitrogen and oxygen atoms in total. The summed E-state index contributed by atoms with van der Waals surface area (Å²) in [7, 11) is 0. The number of amides is 1. The van der Waals surface area contributed by atoms with Gasteiger partial charge in [0, 0.05) is 23.8 Å². The molecule has 1 aromatic heterocycles. The maximum absolute atomic E-state index is 12.3. The second-order valence-corrected chi connectivity index (χ2v) is 6.12. The Bertz CT molecular complexity index is 918. The first-order valence-electron chi connectivity index (χ1n) is 7.89. The van der Waals surface area contributed by atoms with Crippen LogP contribution in [0, 0.1) is 0 Å². The quantitative estimate of drug-likeness (QED) is 0.764. The van der Waals surface area contributed by atoms with Crippen LogP contribution in [-0.4, -0.2) is 10.5 Å². The molecule has 0 atom stereocenters. The Labute approximate surface area is 150 Å². The fraction of sp³-hybridized carbons (Fsp3) is 0.100. The maximum Gasteiger partial charge on any atom is 0.253 e. The number of carbonyl (C=O) groups excluding carboxylic acids is 1. The van der Waals surface area contributed by atoms with Crippen molar-refractivity contribution < 1.29 is 4.79 Å². The summed E-state index contributed by atoms with van der Waals surface area (Å²) in [4.78, 5) is 24.4. The Hall–Kier alpha value is -2.85. The van der Waals surface area contributed by atoms with Gasteiger partial charge < -0.3 is 9.88 Å². The van der Waals surface area contributed by atoms with E-state index in [1.807, 2.05) is 42.5 Å². The minimum absolute atomic E-state index is 0.158. The number of aromatic nitrogens is 1. The molecule has 5 heteroatoms. The van der Waals surface area contributed by atoms with Crippen molar-refractivity contribution in [2.75, 3.05) is 0 Å². The summed E-state index contributed by atoms with van der Waals surface area (Å²) in [5.41, 5.74) is 2.25. The molecule has 3 rings (SSSR count). The lowest BCUT2D eigenvalue weighted by Gasteiger charge is -2.09. The van der Waals surface area contributed by atoms with Gasteiger partial charge >= 0.3 is 0 Å². The minimum atomic E-state index is -0.214. The molecular formula is C20H17ClN2O2. The lowest BCUT2D eigenvalue weighted by molar-refractivity contribution is 0.0950. The smallest absolute Gasteiger partial charge is 0.253 e. The standard InChI is InChI=1S/C20H17ClN2O2/c21-18-9-6-16(7-10-18)13-23-14-17(8-11-19(23)24)20(25)22-12-15-4-2-1-3-5-15/h1-11,14H,12-13H2,(H,22,25). The zero-order chi connectivity index (χ0) is 17.6. The number of halogens is 1. The van der Waals surface area contributed by atoms with Crippen LogP contribution >= 0.6 is 11.6 Å². The monoisotopic (exact) mass is 352 g/mol. The van der Waals surface area contributed by atoms with Crippen molar-refractivity contribution in [3.8, 4) is 0 Å². The van der Waals surface area contributed by atoms with Gasteiger partial charge in [0.1, 0.15) is 0 Å². The number of benzene rings is 2. The highest BCUT2D eigenvalue weighted by Gasteiger charge is 2.08. The van der Waals surface area contributed by atoms with E-state index in [-0.39, 0.29) is 11.5 Å². The molecule has 0 aliphatic heterocycles. The fourth-order valence-electron chi connectivity index (χ4n) is 2.46. The van der Waals surface area contributed by atoms with E-state index in [2.05, 4.69) is 5.32 Å². The molecule has 0 radical (unpaired) electrons. The molecule has 25 heavy (non-hydrogen) atoms. The number of hydrogen-bond acceptors (Lipinski definition) is 2. The van der Waals surface area contributed by atoms with Crippen LogP contribution < -0.4 is 10.9 Å². The van der Waals surface area contributed by atoms with E-state index >= 15 is 0 Å². The van der Waals surface area contributed by atoms with Gasteiger partial charge in [0.05, 0.1) is 12.1 Å². The Morgan fingerprint density at radius 2 is 1.64 bits per heavy atom. The second kappa shape index (κ2) is 7.81. The average molecular weight is 353 g/mol. The molecule has 3 aromatic rings. The summed E-state index contributed by atoms with van der Waals surface area (Å²) in [6.45, 7) is 0.825. The van der Waals surface area contributed by atoms with Gasteiger partial charge in [-0.15, -0.1) is 0 Å². The molecule has 0 aliphatic carbocycles. The molecule has 0 unspecified atom stereocenters. The average Bonchev–Trinajstić information content (AvgIpc) is 2.64. The first-order chi connectivity index (χ1) is 12.1. The predicted molar refractivity (Wildman–Crippen MR) is 98.9 cm³/mol. The Morgan fingerprint density at radius 1 is 0.920 bits per heavy atom. The highest BCUT2D eigenvalue weighted by molar-refractivity contribution is 6.30. The zero-order valence-electron chi connectivity index (χ0n) is 13.5. The van der Waals surface area contributed by atoms with Crippen LogP contribution in [0.2, 0.25) is 5.02 Å². The Kier molecular flexibility index (Phi) is 5.31. The first-order valence-corrected chi connectivity index (χ1v) is 8.27. The van der Waals surface area contributed by atoms with Crippen molar-refractivity contribution >= 4 is 17.5 Å². The van der Waals surface area contributed by atoms with Crippen LogP contribution in [0.25, 0.3) is 0 Å². The van der Waals surface area contributed by atoms with E-state index in [1.54, 1.807) is 24.4 Å². The van der Waals surface area contributed by atoms with Gasteiger partial charge in [-0.05, 0) is 29.3 Å². The van der Waals surface area contributed by atoms with Crippen molar-refractivity contribution in [3.05, 3.63) is 105 Å². The van der Waals surface area contributed by atoms with Gasteiger partial charge in [-0.3, -0.25) is 9.59 Å². The number of pyridine rings is 1. The molecule has 126 valence electrons. The summed E-state index contributed by atoms with van der Waals surface area (Å²) in [6.07, 6.45) is 1.58. The highest BCUT2D eigenvalue weighted by Crippen LogP contribution is 2.10. The summed E-state index contributed by atoms with van der Waals surface area (Å²) >= 11 is 5.88. The third-order valence-electron chi connectivity index (χ3n) is 3.81. The molecule has 0 spiro atoms. The molecule has 0 aliphatic rings. The van der Waals surface area contributed by atoms with Crippen LogP contribution in [-0.2, 0) is 13.1 Å². The normalized spacial score (nSPS) is 10.4. The Morgan fingerprint density at radius 3 is 2.36 bits per heavy atom. The van der Waals surface area contributed by atoms with Gasteiger partial charge in [0.25, 0.3) is 11.5 Å². The van der Waals surface area contributed by atoms with E-state index in [0.717, 1.165) is 11.1 Å². The summed E-state index contributed by atoms with van der Waals surface area (Å²) in [6, 6.07) is 19.9. The summed E-state index contributed by atoms with van der Waals surface area (Å²) < 4.78 is 1.51. The zero-order valence-corrected chi connectivity index (χ0v) is 14.2. The van der Waals surface area contributed by atoms with Gasteiger partial charge in [0.15, 0.2) is 0 Å². The molecule has 0 bridgehead atoms. The van der Waals surface area contributed by atoms with Crippen LogP contribution in [0.4, 0.5) is 0 Å². The van der Waals surface area contributed by atoms with E-state index in [4.69, 9.17) is 11.6 Å². The van der Waals surface area contributed by atoms with Crippen molar-refractivity contribution in [2.24, 2.45) is 0 Å². The van der Waals surface area contributed by atoms with Crippen molar-refractivity contribution in [1.29, 1.82) is 0 Å². The van der Waals surface area contributed by atoms with E-state index in [1.165, 1.54) is 10.6 Å². The molecule has 0 saturated carbocycles. The third-order valence-corrected chi connectivity index (χ3v) is 4.06. The predicted octanol–water partition coefficient (Wildman–Crippen LogP) is 3.48. The first kappa shape index (κ1) is 17.0. The third kappa shape index (κ3) is 4.58. The van der Waals surface area contributed by atoms with Gasteiger partial charge in [-0.2, -0.15) is 0 Å². The van der Waals surface area contributed by atoms with E-state index in [9.17, 15) is 9.59 Å². The Balaban J connectivity index is 1.73. The van der Waals surface area contributed by atoms with E-state index < -0.39 is 0 Å². The molecule has 1 amide bonds.